The molecule has 0 fully saturated rings. The van der Waals surface area contributed by atoms with Gasteiger partial charge in [0.25, 0.3) is 5.91 Å². The summed E-state index contributed by atoms with van der Waals surface area (Å²) in [6, 6.07) is 5.28. The summed E-state index contributed by atoms with van der Waals surface area (Å²) < 4.78 is 0.732. The van der Waals surface area contributed by atoms with Gasteiger partial charge in [0.15, 0.2) is 0 Å². The van der Waals surface area contributed by atoms with E-state index in [1.165, 1.54) is 4.90 Å². The van der Waals surface area contributed by atoms with Crippen molar-refractivity contribution in [3.63, 3.8) is 0 Å². The van der Waals surface area contributed by atoms with Crippen molar-refractivity contribution >= 4 is 34.5 Å². The number of rotatable bonds is 3. The molecule has 82 valence electrons. The van der Waals surface area contributed by atoms with E-state index in [0.717, 1.165) is 9.37 Å². The first-order chi connectivity index (χ1) is 7.06. The highest BCUT2D eigenvalue weighted by atomic mass is 79.9. The van der Waals surface area contributed by atoms with E-state index in [-0.39, 0.29) is 12.5 Å². The molecule has 0 saturated carbocycles. The molecular formula is C10H12BrNO2S. The molecule has 0 aromatic heterocycles. The second-order valence-corrected chi connectivity index (χ2v) is 4.49. The van der Waals surface area contributed by atoms with Crippen molar-refractivity contribution in [1.29, 1.82) is 0 Å². The van der Waals surface area contributed by atoms with Gasteiger partial charge in [-0.1, -0.05) is 0 Å². The molecule has 3 nitrogen and oxygen atoms in total. The molecule has 0 saturated heterocycles. The van der Waals surface area contributed by atoms with E-state index in [2.05, 4.69) is 28.6 Å². The number of hydrogen-bond donors (Lipinski definition) is 2. The number of aliphatic hydroxyl groups is 1. The molecule has 0 unspecified atom stereocenters. The number of aliphatic hydroxyl groups excluding tert-OH is 1. The van der Waals surface area contributed by atoms with Gasteiger partial charge in [0.2, 0.25) is 0 Å². The highest BCUT2D eigenvalue weighted by Gasteiger charge is 2.14. The Morgan fingerprint density at radius 3 is 2.87 bits per heavy atom. The normalized spacial score (nSPS) is 10.1. The Hall–Kier alpha value is -0.520. The molecule has 0 heterocycles. The van der Waals surface area contributed by atoms with Crippen molar-refractivity contribution in [1.82, 2.24) is 4.90 Å². The van der Waals surface area contributed by atoms with Crippen molar-refractivity contribution in [3.8, 4) is 0 Å². The third-order valence-corrected chi connectivity index (χ3v) is 2.93. The zero-order valence-electron chi connectivity index (χ0n) is 8.27. The lowest BCUT2D eigenvalue weighted by atomic mass is 10.2. The van der Waals surface area contributed by atoms with Gasteiger partial charge in [-0.05, 0) is 34.1 Å². The first kappa shape index (κ1) is 12.5. The number of hydrogen-bond acceptors (Lipinski definition) is 3. The highest BCUT2D eigenvalue weighted by Crippen LogP contribution is 2.21. The van der Waals surface area contributed by atoms with Crippen LogP contribution in [-0.4, -0.2) is 36.1 Å². The summed E-state index contributed by atoms with van der Waals surface area (Å²) in [5.74, 6) is -0.133. The Labute approximate surface area is 103 Å². The highest BCUT2D eigenvalue weighted by molar-refractivity contribution is 9.10. The van der Waals surface area contributed by atoms with Gasteiger partial charge in [-0.25, -0.2) is 0 Å². The first-order valence-electron chi connectivity index (χ1n) is 4.41. The van der Waals surface area contributed by atoms with Crippen molar-refractivity contribution in [3.05, 3.63) is 28.2 Å². The van der Waals surface area contributed by atoms with Crippen LogP contribution >= 0.6 is 28.6 Å². The minimum absolute atomic E-state index is 0.0412. The van der Waals surface area contributed by atoms with E-state index in [0.29, 0.717) is 12.1 Å². The summed E-state index contributed by atoms with van der Waals surface area (Å²) in [6.45, 7) is 0.280. The summed E-state index contributed by atoms with van der Waals surface area (Å²) in [5.41, 5.74) is 0.554. The molecule has 0 bridgehead atoms. The van der Waals surface area contributed by atoms with E-state index in [1.54, 1.807) is 25.2 Å². The fourth-order valence-electron chi connectivity index (χ4n) is 1.13. The summed E-state index contributed by atoms with van der Waals surface area (Å²) in [6.07, 6.45) is 0. The fraction of sp³-hybridized carbons (Fsp3) is 0.300. The van der Waals surface area contributed by atoms with E-state index >= 15 is 0 Å². The van der Waals surface area contributed by atoms with Crippen molar-refractivity contribution < 1.29 is 9.90 Å². The molecule has 0 aliphatic rings. The fourth-order valence-corrected chi connectivity index (χ4v) is 1.75. The Kier molecular flexibility index (Phi) is 4.63. The molecule has 0 radical (unpaired) electrons. The molecule has 0 spiro atoms. The number of benzene rings is 1. The Morgan fingerprint density at radius 1 is 1.60 bits per heavy atom. The van der Waals surface area contributed by atoms with Crippen LogP contribution in [0.5, 0.6) is 0 Å². The summed E-state index contributed by atoms with van der Waals surface area (Å²) in [7, 11) is 1.65. The SMILES string of the molecule is CN(CCO)C(=O)c1cc(S)ccc1Br. The number of nitrogens with zero attached hydrogens (tertiary/aromatic N) is 1. The average molecular weight is 290 g/mol. The molecule has 5 heteroatoms. The molecule has 0 atom stereocenters. The minimum Gasteiger partial charge on any atom is -0.395 e. The monoisotopic (exact) mass is 289 g/mol. The van der Waals surface area contributed by atoms with Gasteiger partial charge in [-0.3, -0.25) is 4.79 Å². The Morgan fingerprint density at radius 2 is 2.27 bits per heavy atom. The Bertz CT molecular complexity index is 370. The van der Waals surface area contributed by atoms with E-state index in [1.807, 2.05) is 0 Å². The van der Waals surface area contributed by atoms with Crippen LogP contribution < -0.4 is 0 Å². The maximum absolute atomic E-state index is 11.9. The van der Waals surface area contributed by atoms with Crippen molar-refractivity contribution in [2.24, 2.45) is 0 Å². The van der Waals surface area contributed by atoms with E-state index in [4.69, 9.17) is 5.11 Å². The molecule has 0 aliphatic carbocycles. The summed E-state index contributed by atoms with van der Waals surface area (Å²) in [4.78, 5) is 14.1. The molecule has 0 aliphatic heterocycles. The minimum atomic E-state index is -0.133. The molecule has 15 heavy (non-hydrogen) atoms. The van der Waals surface area contributed by atoms with Crippen LogP contribution in [0.2, 0.25) is 0 Å². The standard InChI is InChI=1S/C10H12BrNO2S/c1-12(4-5-13)10(14)8-6-7(15)2-3-9(8)11/h2-3,6,13,15H,4-5H2,1H3. The maximum Gasteiger partial charge on any atom is 0.254 e. The van der Waals surface area contributed by atoms with Crippen LogP contribution in [0.25, 0.3) is 0 Å². The van der Waals surface area contributed by atoms with Crippen LogP contribution in [0.1, 0.15) is 10.4 Å². The van der Waals surface area contributed by atoms with E-state index in [9.17, 15) is 4.79 Å². The van der Waals surface area contributed by atoms with Crippen molar-refractivity contribution in [2.45, 2.75) is 4.90 Å². The Balaban J connectivity index is 2.95. The largest absolute Gasteiger partial charge is 0.395 e. The number of thiol groups is 1. The molecule has 1 rings (SSSR count). The quantitative estimate of drug-likeness (QED) is 0.833. The average Bonchev–Trinajstić information content (AvgIpc) is 2.21. The smallest absolute Gasteiger partial charge is 0.254 e. The van der Waals surface area contributed by atoms with Crippen molar-refractivity contribution in [2.75, 3.05) is 20.2 Å². The third-order valence-electron chi connectivity index (χ3n) is 1.96. The zero-order valence-corrected chi connectivity index (χ0v) is 10.8. The van der Waals surface area contributed by atoms with Gasteiger partial charge in [0, 0.05) is 23.0 Å². The number of halogens is 1. The van der Waals surface area contributed by atoms with E-state index < -0.39 is 0 Å². The van der Waals surface area contributed by atoms with Gasteiger partial charge < -0.3 is 10.0 Å². The second-order valence-electron chi connectivity index (χ2n) is 3.11. The maximum atomic E-state index is 11.9. The summed E-state index contributed by atoms with van der Waals surface area (Å²) in [5, 5.41) is 8.74. The number of carbonyl (C=O) groups excluding carboxylic acids is 1. The van der Waals surface area contributed by atoms with Crippen LogP contribution in [-0.2, 0) is 0 Å². The van der Waals surface area contributed by atoms with Gasteiger partial charge in [-0.15, -0.1) is 12.6 Å². The number of amides is 1. The second kappa shape index (κ2) is 5.53. The zero-order chi connectivity index (χ0) is 11.4. The van der Waals surface area contributed by atoms with Crippen LogP contribution in [0.3, 0.4) is 0 Å². The van der Waals surface area contributed by atoms with Gasteiger partial charge >= 0.3 is 0 Å². The van der Waals surface area contributed by atoms with Crippen LogP contribution in [0.15, 0.2) is 27.6 Å². The number of carbonyl (C=O) groups is 1. The van der Waals surface area contributed by atoms with Gasteiger partial charge in [0.1, 0.15) is 0 Å². The third kappa shape index (κ3) is 3.22. The lowest BCUT2D eigenvalue weighted by molar-refractivity contribution is 0.0766. The predicted octanol–water partition coefficient (Wildman–Crippen LogP) is 1.80. The molecular weight excluding hydrogens is 278 g/mol. The topological polar surface area (TPSA) is 40.5 Å². The van der Waals surface area contributed by atoms with Gasteiger partial charge in [0.05, 0.1) is 12.2 Å². The van der Waals surface area contributed by atoms with Crippen LogP contribution in [0, 0.1) is 0 Å². The molecule has 1 aromatic carbocycles. The number of likely N-dealkylation sites (N-methyl/N-ethyl adjacent to an activating group) is 1. The van der Waals surface area contributed by atoms with Crippen LogP contribution in [0.4, 0.5) is 0 Å². The molecule has 1 aromatic rings. The summed E-state index contributed by atoms with van der Waals surface area (Å²) >= 11 is 7.48. The van der Waals surface area contributed by atoms with Gasteiger partial charge in [-0.2, -0.15) is 0 Å². The first-order valence-corrected chi connectivity index (χ1v) is 5.65. The molecule has 1 amide bonds. The molecule has 1 N–H and O–H groups in total. The predicted molar refractivity (Wildman–Crippen MR) is 65.4 cm³/mol. The lowest BCUT2D eigenvalue weighted by Crippen LogP contribution is -2.29. The lowest BCUT2D eigenvalue weighted by Gasteiger charge is -2.16.